The van der Waals surface area contributed by atoms with Crippen molar-refractivity contribution >= 4 is 29.2 Å². The molecule has 0 aliphatic carbocycles. The molecule has 9 nitrogen and oxygen atoms in total. The van der Waals surface area contributed by atoms with E-state index < -0.39 is 17.8 Å². The number of nitrogens with two attached hydrogens (primary N) is 1. The monoisotopic (exact) mass is 417 g/mol. The zero-order valence-electron chi connectivity index (χ0n) is 17.5. The van der Waals surface area contributed by atoms with Crippen LogP contribution >= 0.6 is 0 Å². The average Bonchev–Trinajstić information content (AvgIpc) is 2.77. The van der Waals surface area contributed by atoms with Gasteiger partial charge in [0.2, 0.25) is 5.91 Å². The SMILES string of the molecule is COC(=O)C1=C(C(=O)OC)N(c2cc(C(N)=O)ccc2N2CCCCC2C)COC1. The van der Waals surface area contributed by atoms with Gasteiger partial charge in [0.1, 0.15) is 12.4 Å². The van der Waals surface area contributed by atoms with E-state index in [0.29, 0.717) is 5.69 Å². The number of primary amides is 1. The summed E-state index contributed by atoms with van der Waals surface area (Å²) < 4.78 is 15.4. The van der Waals surface area contributed by atoms with Crippen LogP contribution in [0.25, 0.3) is 0 Å². The van der Waals surface area contributed by atoms with Gasteiger partial charge in [0.15, 0.2) is 0 Å². The van der Waals surface area contributed by atoms with Crippen molar-refractivity contribution in [2.75, 3.05) is 43.9 Å². The summed E-state index contributed by atoms with van der Waals surface area (Å²) in [4.78, 5) is 40.6. The lowest BCUT2D eigenvalue weighted by molar-refractivity contribution is -0.140. The Morgan fingerprint density at radius 1 is 1.10 bits per heavy atom. The molecule has 9 heteroatoms. The predicted octanol–water partition coefficient (Wildman–Crippen LogP) is 1.56. The number of carbonyl (C=O) groups excluding carboxylic acids is 3. The van der Waals surface area contributed by atoms with Crippen molar-refractivity contribution in [1.29, 1.82) is 0 Å². The molecule has 2 heterocycles. The van der Waals surface area contributed by atoms with Gasteiger partial charge in [0.05, 0.1) is 37.8 Å². The summed E-state index contributed by atoms with van der Waals surface area (Å²) in [5.74, 6) is -1.97. The van der Waals surface area contributed by atoms with Crippen molar-refractivity contribution < 1.29 is 28.6 Å². The molecule has 1 unspecified atom stereocenters. The number of carbonyl (C=O) groups is 3. The Hall–Kier alpha value is -3.07. The number of rotatable bonds is 5. The van der Waals surface area contributed by atoms with E-state index in [9.17, 15) is 14.4 Å². The maximum Gasteiger partial charge on any atom is 0.355 e. The molecular weight excluding hydrogens is 390 g/mol. The minimum atomic E-state index is -0.694. The number of nitrogens with zero attached hydrogens (tertiary/aromatic N) is 2. The molecule has 2 N–H and O–H groups in total. The highest BCUT2D eigenvalue weighted by atomic mass is 16.5. The number of hydrogen-bond acceptors (Lipinski definition) is 8. The molecule has 162 valence electrons. The lowest BCUT2D eigenvalue weighted by Crippen LogP contribution is -2.42. The van der Waals surface area contributed by atoms with Crippen molar-refractivity contribution in [1.82, 2.24) is 0 Å². The fraction of sp³-hybridized carbons (Fsp3) is 0.476. The van der Waals surface area contributed by atoms with Crippen LogP contribution in [-0.4, -0.2) is 58.0 Å². The van der Waals surface area contributed by atoms with E-state index in [-0.39, 0.29) is 36.2 Å². The fourth-order valence-corrected chi connectivity index (χ4v) is 3.93. The minimum Gasteiger partial charge on any atom is -0.466 e. The second-order valence-corrected chi connectivity index (χ2v) is 7.32. The van der Waals surface area contributed by atoms with Gasteiger partial charge in [-0.25, -0.2) is 9.59 Å². The van der Waals surface area contributed by atoms with E-state index in [0.717, 1.165) is 31.5 Å². The van der Waals surface area contributed by atoms with Gasteiger partial charge < -0.3 is 29.7 Å². The highest BCUT2D eigenvalue weighted by molar-refractivity contribution is 6.04. The van der Waals surface area contributed by atoms with Crippen LogP contribution in [0.15, 0.2) is 29.5 Å². The zero-order chi connectivity index (χ0) is 21.8. The largest absolute Gasteiger partial charge is 0.466 e. The van der Waals surface area contributed by atoms with E-state index in [1.807, 2.05) is 6.07 Å². The van der Waals surface area contributed by atoms with Crippen LogP contribution in [0.5, 0.6) is 0 Å². The van der Waals surface area contributed by atoms with Gasteiger partial charge in [-0.1, -0.05) is 0 Å². The summed E-state index contributed by atoms with van der Waals surface area (Å²) in [6.45, 7) is 2.88. The molecule has 30 heavy (non-hydrogen) atoms. The van der Waals surface area contributed by atoms with E-state index >= 15 is 0 Å². The molecular formula is C21H27N3O6. The van der Waals surface area contributed by atoms with Crippen LogP contribution in [-0.2, 0) is 23.8 Å². The van der Waals surface area contributed by atoms with Crippen LogP contribution in [0.1, 0.15) is 36.5 Å². The number of hydrogen-bond donors (Lipinski definition) is 1. The first-order valence-electron chi connectivity index (χ1n) is 9.84. The Balaban J connectivity index is 2.20. The molecule has 2 aliphatic heterocycles. The Kier molecular flexibility index (Phi) is 6.61. The maximum atomic E-state index is 12.7. The molecule has 1 aromatic rings. The van der Waals surface area contributed by atoms with Gasteiger partial charge in [-0.3, -0.25) is 4.79 Å². The first kappa shape index (κ1) is 21.6. The molecule has 1 fully saturated rings. The van der Waals surface area contributed by atoms with E-state index in [2.05, 4.69) is 11.8 Å². The fourth-order valence-electron chi connectivity index (χ4n) is 3.93. The molecule has 1 saturated heterocycles. The maximum absolute atomic E-state index is 12.7. The Morgan fingerprint density at radius 2 is 1.83 bits per heavy atom. The summed E-state index contributed by atoms with van der Waals surface area (Å²) >= 11 is 0. The van der Waals surface area contributed by atoms with Crippen molar-refractivity contribution in [2.24, 2.45) is 5.73 Å². The second kappa shape index (κ2) is 9.17. The predicted molar refractivity (Wildman–Crippen MR) is 110 cm³/mol. The third kappa shape index (κ3) is 4.11. The molecule has 0 saturated carbocycles. The minimum absolute atomic E-state index is 0.00235. The molecule has 0 spiro atoms. The van der Waals surface area contributed by atoms with Gasteiger partial charge in [-0.2, -0.15) is 0 Å². The smallest absolute Gasteiger partial charge is 0.355 e. The van der Waals surface area contributed by atoms with Crippen LogP contribution in [0, 0.1) is 0 Å². The number of benzene rings is 1. The topological polar surface area (TPSA) is 111 Å². The second-order valence-electron chi connectivity index (χ2n) is 7.32. The highest BCUT2D eigenvalue weighted by Crippen LogP contribution is 2.38. The van der Waals surface area contributed by atoms with Crippen LogP contribution in [0.3, 0.4) is 0 Å². The van der Waals surface area contributed by atoms with E-state index in [4.69, 9.17) is 19.9 Å². The number of piperidine rings is 1. The third-order valence-corrected chi connectivity index (χ3v) is 5.50. The summed E-state index contributed by atoms with van der Waals surface area (Å²) in [6.07, 6.45) is 3.20. The van der Waals surface area contributed by atoms with Crippen LogP contribution in [0.2, 0.25) is 0 Å². The normalized spacial score (nSPS) is 19.5. The van der Waals surface area contributed by atoms with Crippen molar-refractivity contribution in [3.63, 3.8) is 0 Å². The zero-order valence-corrected chi connectivity index (χ0v) is 17.5. The first-order valence-corrected chi connectivity index (χ1v) is 9.84. The molecule has 1 atom stereocenters. The Morgan fingerprint density at radius 3 is 2.47 bits per heavy atom. The molecule has 0 bridgehead atoms. The van der Waals surface area contributed by atoms with Gasteiger partial charge >= 0.3 is 11.9 Å². The molecule has 2 aliphatic rings. The number of anilines is 2. The number of amides is 1. The van der Waals surface area contributed by atoms with Gasteiger partial charge in [0, 0.05) is 18.2 Å². The lowest BCUT2D eigenvalue weighted by atomic mass is 10.0. The Bertz CT molecular complexity index is 881. The first-order chi connectivity index (χ1) is 14.4. The summed E-state index contributed by atoms with van der Waals surface area (Å²) in [5, 5.41) is 0. The van der Waals surface area contributed by atoms with Gasteiger partial charge in [-0.15, -0.1) is 0 Å². The molecule has 0 aromatic heterocycles. The van der Waals surface area contributed by atoms with Crippen molar-refractivity contribution in [2.45, 2.75) is 32.2 Å². The van der Waals surface area contributed by atoms with E-state index in [1.165, 1.54) is 14.2 Å². The van der Waals surface area contributed by atoms with Crippen LogP contribution in [0.4, 0.5) is 11.4 Å². The highest BCUT2D eigenvalue weighted by Gasteiger charge is 2.35. The van der Waals surface area contributed by atoms with Gasteiger partial charge in [0.25, 0.3) is 0 Å². The lowest BCUT2D eigenvalue weighted by Gasteiger charge is -2.40. The number of ether oxygens (including phenoxy) is 3. The summed E-state index contributed by atoms with van der Waals surface area (Å²) in [6, 6.07) is 5.37. The van der Waals surface area contributed by atoms with Crippen molar-refractivity contribution in [3.8, 4) is 0 Å². The summed E-state index contributed by atoms with van der Waals surface area (Å²) in [5.41, 5.74) is 7.24. The van der Waals surface area contributed by atoms with Crippen LogP contribution < -0.4 is 15.5 Å². The van der Waals surface area contributed by atoms with E-state index in [1.54, 1.807) is 17.0 Å². The number of esters is 2. The average molecular weight is 417 g/mol. The molecule has 1 amide bonds. The molecule has 1 aromatic carbocycles. The Labute approximate surface area is 175 Å². The molecule has 3 rings (SSSR count). The standard InChI is InChI=1S/C21H27N3O6/c1-13-6-4-5-9-23(13)16-8-7-14(19(22)25)10-17(16)24-12-30-11-15(20(26)28-2)18(24)21(27)29-3/h7-8,10,13H,4-6,9,11-12H2,1-3H3,(H2,22,25). The van der Waals surface area contributed by atoms with Crippen molar-refractivity contribution in [3.05, 3.63) is 35.0 Å². The summed E-state index contributed by atoms with van der Waals surface area (Å²) in [7, 11) is 2.48. The molecule has 0 radical (unpaired) electrons. The quantitative estimate of drug-likeness (QED) is 0.719. The number of methoxy groups -OCH3 is 2. The van der Waals surface area contributed by atoms with Gasteiger partial charge in [-0.05, 0) is 44.4 Å². The third-order valence-electron chi connectivity index (χ3n) is 5.50.